The third-order valence-electron chi connectivity index (χ3n) is 3.55. The number of methoxy groups -OCH3 is 1. The van der Waals surface area contributed by atoms with Gasteiger partial charge in [-0.25, -0.2) is 8.42 Å². The minimum Gasteiger partial charge on any atom is -0.383 e. The Bertz CT molecular complexity index is 630. The van der Waals surface area contributed by atoms with Crippen LogP contribution in [0.25, 0.3) is 0 Å². The van der Waals surface area contributed by atoms with Gasteiger partial charge in [-0.15, -0.1) is 0 Å². The lowest BCUT2D eigenvalue weighted by atomic mass is 10.2. The molecule has 1 unspecified atom stereocenters. The van der Waals surface area contributed by atoms with Gasteiger partial charge < -0.3 is 14.8 Å². The summed E-state index contributed by atoms with van der Waals surface area (Å²) < 4.78 is 36.8. The zero-order valence-electron chi connectivity index (χ0n) is 13.3. The van der Waals surface area contributed by atoms with Gasteiger partial charge in [0.2, 0.25) is 10.0 Å². The summed E-state index contributed by atoms with van der Waals surface area (Å²) in [4.78, 5) is 12.1. The van der Waals surface area contributed by atoms with Crippen LogP contribution in [-0.2, 0) is 19.5 Å². The first-order chi connectivity index (χ1) is 10.9. The smallest absolute Gasteiger partial charge is 0.251 e. The van der Waals surface area contributed by atoms with Gasteiger partial charge in [-0.2, -0.15) is 4.31 Å². The molecule has 1 aliphatic heterocycles. The molecule has 1 fully saturated rings. The largest absolute Gasteiger partial charge is 0.383 e. The van der Waals surface area contributed by atoms with Crippen LogP contribution in [0, 0.1) is 0 Å². The molecule has 0 radical (unpaired) electrons. The lowest BCUT2D eigenvalue weighted by Crippen LogP contribution is -2.44. The van der Waals surface area contributed by atoms with Crippen LogP contribution in [0.5, 0.6) is 0 Å². The molecule has 0 spiro atoms. The lowest BCUT2D eigenvalue weighted by Gasteiger charge is -2.30. The molecule has 0 aromatic heterocycles. The summed E-state index contributed by atoms with van der Waals surface area (Å²) in [7, 11) is -2.00. The van der Waals surface area contributed by atoms with E-state index in [1.54, 1.807) is 7.11 Å². The Labute approximate surface area is 136 Å². The second kappa shape index (κ2) is 7.87. The normalized spacial score (nSPS) is 19.5. The lowest BCUT2D eigenvalue weighted by molar-refractivity contribution is 0.0102. The van der Waals surface area contributed by atoms with Gasteiger partial charge in [0.05, 0.1) is 24.2 Å². The van der Waals surface area contributed by atoms with Gasteiger partial charge >= 0.3 is 0 Å². The number of rotatable bonds is 6. The van der Waals surface area contributed by atoms with E-state index < -0.39 is 10.0 Å². The van der Waals surface area contributed by atoms with E-state index in [0.717, 1.165) is 0 Å². The van der Waals surface area contributed by atoms with Crippen LogP contribution in [0.4, 0.5) is 0 Å². The Balaban J connectivity index is 2.07. The molecule has 0 aliphatic carbocycles. The monoisotopic (exact) mass is 342 g/mol. The number of nitrogens with zero attached hydrogens (tertiary/aromatic N) is 1. The van der Waals surface area contributed by atoms with E-state index in [1.165, 1.54) is 28.6 Å². The Morgan fingerprint density at radius 3 is 2.70 bits per heavy atom. The van der Waals surface area contributed by atoms with Crippen LogP contribution >= 0.6 is 0 Å². The molecule has 2 rings (SSSR count). The molecule has 1 amide bonds. The van der Waals surface area contributed by atoms with Crippen molar-refractivity contribution in [1.29, 1.82) is 0 Å². The minimum absolute atomic E-state index is 0.121. The molecule has 1 N–H and O–H groups in total. The molecule has 1 heterocycles. The number of hydrogen-bond donors (Lipinski definition) is 1. The summed E-state index contributed by atoms with van der Waals surface area (Å²) in [5.41, 5.74) is 0.412. The molecule has 23 heavy (non-hydrogen) atoms. The Hall–Kier alpha value is -1.48. The van der Waals surface area contributed by atoms with E-state index in [-0.39, 0.29) is 16.9 Å². The predicted molar refractivity (Wildman–Crippen MR) is 84.8 cm³/mol. The first kappa shape index (κ1) is 17.9. The molecule has 1 atom stereocenters. The average molecular weight is 342 g/mol. The van der Waals surface area contributed by atoms with Gasteiger partial charge in [-0.3, -0.25) is 4.79 Å². The van der Waals surface area contributed by atoms with E-state index in [1.807, 2.05) is 6.92 Å². The fraction of sp³-hybridized carbons (Fsp3) is 0.533. The highest BCUT2D eigenvalue weighted by atomic mass is 32.2. The highest BCUT2D eigenvalue weighted by Gasteiger charge is 2.29. The standard InChI is InChI=1S/C15H22N2O5S/c1-12-11-17(8-10-22-12)23(19,20)14-5-3-13(4-6-14)15(18)16-7-9-21-2/h3-6,12H,7-11H2,1-2H3,(H,16,18). The first-order valence-corrected chi connectivity index (χ1v) is 8.88. The van der Waals surface area contributed by atoms with E-state index in [0.29, 0.717) is 38.4 Å². The molecule has 128 valence electrons. The molecule has 1 aromatic carbocycles. The van der Waals surface area contributed by atoms with Gasteiger partial charge in [0.1, 0.15) is 0 Å². The molecule has 7 nitrogen and oxygen atoms in total. The summed E-state index contributed by atoms with van der Waals surface area (Å²) >= 11 is 0. The number of carbonyl (C=O) groups excluding carboxylic acids is 1. The highest BCUT2D eigenvalue weighted by Crippen LogP contribution is 2.19. The van der Waals surface area contributed by atoms with E-state index >= 15 is 0 Å². The van der Waals surface area contributed by atoms with Crippen LogP contribution in [0.1, 0.15) is 17.3 Å². The van der Waals surface area contributed by atoms with Gasteiger partial charge in [0.15, 0.2) is 0 Å². The van der Waals surface area contributed by atoms with Crippen LogP contribution in [-0.4, -0.2) is 64.7 Å². The van der Waals surface area contributed by atoms with Crippen LogP contribution in [0.3, 0.4) is 0 Å². The maximum Gasteiger partial charge on any atom is 0.251 e. The number of ether oxygens (including phenoxy) is 2. The summed E-state index contributed by atoms with van der Waals surface area (Å²) in [6, 6.07) is 5.94. The summed E-state index contributed by atoms with van der Waals surface area (Å²) in [5, 5.41) is 2.69. The second-order valence-electron chi connectivity index (χ2n) is 5.32. The SMILES string of the molecule is COCCNC(=O)c1ccc(S(=O)(=O)N2CCOC(C)C2)cc1. The van der Waals surface area contributed by atoms with Crippen LogP contribution in [0.15, 0.2) is 29.2 Å². The van der Waals surface area contributed by atoms with Gasteiger partial charge in [-0.05, 0) is 31.2 Å². The van der Waals surface area contributed by atoms with Crippen molar-refractivity contribution in [2.24, 2.45) is 0 Å². The maximum absolute atomic E-state index is 12.6. The fourth-order valence-corrected chi connectivity index (χ4v) is 3.80. The van der Waals surface area contributed by atoms with Crippen molar-refractivity contribution >= 4 is 15.9 Å². The maximum atomic E-state index is 12.6. The number of amides is 1. The first-order valence-electron chi connectivity index (χ1n) is 7.44. The van der Waals surface area contributed by atoms with Crippen molar-refractivity contribution in [2.75, 3.05) is 40.0 Å². The second-order valence-corrected chi connectivity index (χ2v) is 7.26. The van der Waals surface area contributed by atoms with Crippen molar-refractivity contribution in [2.45, 2.75) is 17.9 Å². The van der Waals surface area contributed by atoms with Crippen LogP contribution in [0.2, 0.25) is 0 Å². The average Bonchev–Trinajstić information content (AvgIpc) is 2.55. The van der Waals surface area contributed by atoms with E-state index in [4.69, 9.17) is 9.47 Å². The van der Waals surface area contributed by atoms with Gasteiger partial charge in [-0.1, -0.05) is 0 Å². The van der Waals surface area contributed by atoms with E-state index in [9.17, 15) is 13.2 Å². The number of morpholine rings is 1. The van der Waals surface area contributed by atoms with Gasteiger partial charge in [0, 0.05) is 32.3 Å². The molecular formula is C15H22N2O5S. The molecule has 1 saturated heterocycles. The summed E-state index contributed by atoms with van der Waals surface area (Å²) in [5.74, 6) is -0.258. The molecular weight excluding hydrogens is 320 g/mol. The molecule has 1 aliphatic rings. The number of carbonyl (C=O) groups is 1. The Kier molecular flexibility index (Phi) is 6.11. The van der Waals surface area contributed by atoms with Crippen molar-refractivity contribution in [1.82, 2.24) is 9.62 Å². The van der Waals surface area contributed by atoms with E-state index in [2.05, 4.69) is 5.32 Å². The Morgan fingerprint density at radius 2 is 2.09 bits per heavy atom. The highest BCUT2D eigenvalue weighted by molar-refractivity contribution is 7.89. The van der Waals surface area contributed by atoms with Crippen molar-refractivity contribution in [3.63, 3.8) is 0 Å². The van der Waals surface area contributed by atoms with Crippen molar-refractivity contribution < 1.29 is 22.7 Å². The number of sulfonamides is 1. The molecule has 8 heteroatoms. The fourth-order valence-electron chi connectivity index (χ4n) is 2.30. The zero-order valence-corrected chi connectivity index (χ0v) is 14.1. The van der Waals surface area contributed by atoms with Crippen molar-refractivity contribution in [3.8, 4) is 0 Å². The predicted octanol–water partition coefficient (Wildman–Crippen LogP) is 0.472. The number of hydrogen-bond acceptors (Lipinski definition) is 5. The number of nitrogens with one attached hydrogen (secondary N) is 1. The Morgan fingerprint density at radius 1 is 1.39 bits per heavy atom. The molecule has 0 saturated carbocycles. The third-order valence-corrected chi connectivity index (χ3v) is 5.43. The van der Waals surface area contributed by atoms with Crippen molar-refractivity contribution in [3.05, 3.63) is 29.8 Å². The number of benzene rings is 1. The zero-order chi connectivity index (χ0) is 16.9. The topological polar surface area (TPSA) is 84.9 Å². The summed E-state index contributed by atoms with van der Waals surface area (Å²) in [6.07, 6.45) is -0.121. The molecule has 0 bridgehead atoms. The third kappa shape index (κ3) is 4.51. The van der Waals surface area contributed by atoms with Gasteiger partial charge in [0.25, 0.3) is 5.91 Å². The van der Waals surface area contributed by atoms with Crippen LogP contribution < -0.4 is 5.32 Å². The summed E-state index contributed by atoms with van der Waals surface area (Å²) in [6.45, 7) is 3.73. The quantitative estimate of drug-likeness (QED) is 0.760. The minimum atomic E-state index is -3.56. The molecule has 1 aromatic rings.